The molecule has 0 amide bonds. The Balaban J connectivity index is 1.21. The van der Waals surface area contributed by atoms with Gasteiger partial charge in [0.2, 0.25) is 0 Å². The van der Waals surface area contributed by atoms with Gasteiger partial charge in [-0.25, -0.2) is 0 Å². The van der Waals surface area contributed by atoms with Crippen molar-refractivity contribution in [2.75, 3.05) is 0 Å². The Morgan fingerprint density at radius 1 is 0.455 bits per heavy atom. The van der Waals surface area contributed by atoms with Crippen LogP contribution >= 0.6 is 0 Å². The molecule has 0 aromatic heterocycles. The van der Waals surface area contributed by atoms with Crippen LogP contribution in [0.25, 0.3) is 22.3 Å². The summed E-state index contributed by atoms with van der Waals surface area (Å²) in [5, 5.41) is 0. The zero-order chi connectivity index (χ0) is 22.8. The molecule has 0 bridgehead atoms. The number of rotatable bonds is 4. The van der Waals surface area contributed by atoms with Gasteiger partial charge in [-0.2, -0.15) is 0 Å². The summed E-state index contributed by atoms with van der Waals surface area (Å²) in [6, 6.07) is 32.1. The van der Waals surface area contributed by atoms with Crippen LogP contribution in [-0.2, 0) is 23.7 Å². The van der Waals surface area contributed by atoms with Crippen LogP contribution in [0.4, 0.5) is 0 Å². The van der Waals surface area contributed by atoms with Crippen LogP contribution in [0.1, 0.15) is 67.5 Å². The molecule has 0 atom stereocenters. The number of benzene rings is 4. The summed E-state index contributed by atoms with van der Waals surface area (Å²) in [7, 11) is 0. The number of fused-ring (bicyclic) bond motifs is 6. The third-order valence-corrected chi connectivity index (χ3v) is 8.23. The summed E-state index contributed by atoms with van der Waals surface area (Å²) in [5.74, 6) is 0. The molecular weight excluding hydrogens is 396 g/mol. The van der Waals surface area contributed by atoms with Crippen molar-refractivity contribution < 1.29 is 0 Å². The smallest absolute Gasteiger partial charge is 0.0158 e. The van der Waals surface area contributed by atoms with E-state index in [4.69, 9.17) is 0 Å². The highest BCUT2D eigenvalue weighted by atomic mass is 14.4. The van der Waals surface area contributed by atoms with Crippen molar-refractivity contribution in [3.8, 4) is 22.3 Å². The molecule has 2 aliphatic carbocycles. The zero-order valence-corrected chi connectivity index (χ0v) is 20.2. The molecule has 4 aromatic rings. The summed E-state index contributed by atoms with van der Waals surface area (Å²) in [4.78, 5) is 0. The Morgan fingerprint density at radius 2 is 0.848 bits per heavy atom. The average Bonchev–Trinajstić information content (AvgIpc) is 3.19. The fraction of sp³-hybridized carbons (Fsp3) is 0.273. The van der Waals surface area contributed by atoms with E-state index in [1.807, 2.05) is 0 Å². The molecule has 0 unspecified atom stereocenters. The van der Waals surface area contributed by atoms with Gasteiger partial charge in [-0.15, -0.1) is 0 Å². The maximum atomic E-state index is 2.47. The molecule has 0 saturated carbocycles. The minimum atomic E-state index is 0.0858. The Hall–Kier alpha value is -3.12. The molecule has 4 aromatic carbocycles. The predicted octanol–water partition coefficient (Wildman–Crippen LogP) is 8.47. The van der Waals surface area contributed by atoms with Crippen molar-refractivity contribution in [2.24, 2.45) is 0 Å². The van der Waals surface area contributed by atoms with E-state index in [0.29, 0.717) is 0 Å². The van der Waals surface area contributed by atoms with Crippen molar-refractivity contribution in [2.45, 2.75) is 57.8 Å². The van der Waals surface area contributed by atoms with Gasteiger partial charge in [0.05, 0.1) is 0 Å². The molecule has 0 saturated heterocycles. The molecule has 0 heterocycles. The van der Waals surface area contributed by atoms with Crippen molar-refractivity contribution in [3.05, 3.63) is 118 Å². The van der Waals surface area contributed by atoms with E-state index in [0.717, 1.165) is 12.8 Å². The Morgan fingerprint density at radius 3 is 1.30 bits per heavy atom. The lowest BCUT2D eigenvalue weighted by Crippen LogP contribution is -2.15. The van der Waals surface area contributed by atoms with E-state index in [9.17, 15) is 0 Å². The molecule has 33 heavy (non-hydrogen) atoms. The second-order valence-corrected chi connectivity index (χ2v) is 11.0. The van der Waals surface area contributed by atoms with Crippen molar-refractivity contribution in [1.29, 1.82) is 0 Å². The predicted molar refractivity (Wildman–Crippen MR) is 140 cm³/mol. The van der Waals surface area contributed by atoms with Gasteiger partial charge >= 0.3 is 0 Å². The normalized spacial score (nSPS) is 16.1. The van der Waals surface area contributed by atoms with Crippen LogP contribution in [0.15, 0.2) is 84.9 Å². The van der Waals surface area contributed by atoms with E-state index < -0.39 is 0 Å². The summed E-state index contributed by atoms with van der Waals surface area (Å²) in [6.45, 7) is 9.47. The summed E-state index contributed by atoms with van der Waals surface area (Å²) >= 11 is 0. The minimum Gasteiger partial charge on any atom is -0.0619 e. The number of hydrogen-bond acceptors (Lipinski definition) is 0. The highest BCUT2D eigenvalue weighted by Gasteiger charge is 2.36. The van der Waals surface area contributed by atoms with E-state index in [1.54, 1.807) is 0 Å². The third-order valence-electron chi connectivity index (χ3n) is 8.23. The van der Waals surface area contributed by atoms with Crippen LogP contribution in [0.3, 0.4) is 0 Å². The molecule has 164 valence electrons. The summed E-state index contributed by atoms with van der Waals surface area (Å²) in [5.41, 5.74) is 14.6. The SMILES string of the molecule is CC1(C)c2ccccc2-c2ccc(CCCc3ccc4c(c3)C(C)(C)c3ccccc3-4)cc21. The lowest BCUT2D eigenvalue weighted by atomic mass is 9.81. The highest BCUT2D eigenvalue weighted by Crippen LogP contribution is 2.50. The molecule has 2 aliphatic rings. The van der Waals surface area contributed by atoms with E-state index in [2.05, 4.69) is 113 Å². The topological polar surface area (TPSA) is 0 Å². The molecule has 0 spiro atoms. The van der Waals surface area contributed by atoms with Gasteiger partial charge in [-0.1, -0.05) is 113 Å². The van der Waals surface area contributed by atoms with Crippen molar-refractivity contribution in [1.82, 2.24) is 0 Å². The van der Waals surface area contributed by atoms with Gasteiger partial charge < -0.3 is 0 Å². The summed E-state index contributed by atoms with van der Waals surface area (Å²) in [6.07, 6.45) is 3.43. The van der Waals surface area contributed by atoms with Gasteiger partial charge in [0.1, 0.15) is 0 Å². The minimum absolute atomic E-state index is 0.0858. The average molecular weight is 429 g/mol. The second-order valence-electron chi connectivity index (χ2n) is 11.0. The standard InChI is InChI=1S/C33H32/c1-32(2)28-14-7-5-12-24(28)26-18-16-22(20-30(26)32)10-9-11-23-17-19-27-25-13-6-8-15-29(25)33(3,4)31(27)21-23/h5-8,12-21H,9-11H2,1-4H3. The maximum Gasteiger partial charge on any atom is 0.0158 e. The third kappa shape index (κ3) is 3.04. The maximum absolute atomic E-state index is 2.47. The van der Waals surface area contributed by atoms with Crippen LogP contribution in [0, 0.1) is 0 Å². The molecule has 0 heteroatoms. The lowest BCUT2D eigenvalue weighted by Gasteiger charge is -2.22. The summed E-state index contributed by atoms with van der Waals surface area (Å²) < 4.78 is 0. The van der Waals surface area contributed by atoms with Gasteiger partial charge in [0.15, 0.2) is 0 Å². The fourth-order valence-electron chi connectivity index (χ4n) is 6.31. The molecule has 0 N–H and O–H groups in total. The van der Waals surface area contributed by atoms with Crippen molar-refractivity contribution in [3.63, 3.8) is 0 Å². The molecule has 0 fully saturated rings. The molecule has 0 radical (unpaired) electrons. The van der Waals surface area contributed by atoms with Crippen LogP contribution in [-0.4, -0.2) is 0 Å². The van der Waals surface area contributed by atoms with Crippen molar-refractivity contribution >= 4 is 0 Å². The van der Waals surface area contributed by atoms with Gasteiger partial charge in [0, 0.05) is 10.8 Å². The number of hydrogen-bond donors (Lipinski definition) is 0. The first kappa shape index (κ1) is 20.5. The molecular formula is C33H32. The Bertz CT molecular complexity index is 1280. The van der Waals surface area contributed by atoms with E-state index in [1.165, 1.54) is 62.1 Å². The number of aryl methyl sites for hydroxylation is 2. The van der Waals surface area contributed by atoms with Crippen LogP contribution < -0.4 is 0 Å². The second kappa shape index (κ2) is 7.19. The molecule has 6 rings (SSSR count). The first-order valence-electron chi connectivity index (χ1n) is 12.3. The zero-order valence-electron chi connectivity index (χ0n) is 20.2. The molecule has 0 aliphatic heterocycles. The van der Waals surface area contributed by atoms with E-state index >= 15 is 0 Å². The monoisotopic (exact) mass is 428 g/mol. The van der Waals surface area contributed by atoms with E-state index in [-0.39, 0.29) is 10.8 Å². The Labute approximate surface area is 198 Å². The fourth-order valence-corrected chi connectivity index (χ4v) is 6.31. The molecule has 0 nitrogen and oxygen atoms in total. The van der Waals surface area contributed by atoms with Crippen LogP contribution in [0.5, 0.6) is 0 Å². The first-order chi connectivity index (χ1) is 15.9. The van der Waals surface area contributed by atoms with Gasteiger partial charge in [0.25, 0.3) is 0 Å². The van der Waals surface area contributed by atoms with Crippen LogP contribution in [0.2, 0.25) is 0 Å². The largest absolute Gasteiger partial charge is 0.0619 e. The Kier molecular flexibility index (Phi) is 4.46. The van der Waals surface area contributed by atoms with Gasteiger partial charge in [-0.3, -0.25) is 0 Å². The first-order valence-corrected chi connectivity index (χ1v) is 12.3. The highest BCUT2D eigenvalue weighted by molar-refractivity contribution is 5.81. The lowest BCUT2D eigenvalue weighted by molar-refractivity contribution is 0.657. The quantitative estimate of drug-likeness (QED) is 0.306. The van der Waals surface area contributed by atoms with Gasteiger partial charge in [-0.05, 0) is 74.9 Å².